The van der Waals surface area contributed by atoms with E-state index in [0.717, 1.165) is 5.92 Å². The molecule has 0 amide bonds. The molecular formula is C25H46S. The minimum atomic E-state index is 0.850. The lowest BCUT2D eigenvalue weighted by molar-refractivity contribution is 0.507. The van der Waals surface area contributed by atoms with Gasteiger partial charge in [0.15, 0.2) is 0 Å². The van der Waals surface area contributed by atoms with E-state index in [1.807, 2.05) is 0 Å². The maximum absolute atomic E-state index is 2.47. The summed E-state index contributed by atoms with van der Waals surface area (Å²) >= 11 is 2.10. The molecule has 1 aromatic heterocycles. The molecule has 0 N–H and O–H groups in total. The second-order valence-electron chi connectivity index (χ2n) is 8.56. The predicted octanol–water partition coefficient (Wildman–Crippen LogP) is 9.28. The zero-order chi connectivity index (χ0) is 19.0. The summed E-state index contributed by atoms with van der Waals surface area (Å²) in [6.07, 6.45) is 22.5. The molecule has 0 aromatic carbocycles. The van der Waals surface area contributed by atoms with Crippen molar-refractivity contribution in [3.8, 4) is 0 Å². The lowest BCUT2D eigenvalue weighted by atomic mass is 9.99. The Morgan fingerprint density at radius 2 is 1.31 bits per heavy atom. The molecule has 1 heterocycles. The topological polar surface area (TPSA) is 0 Å². The van der Waals surface area contributed by atoms with Crippen LogP contribution in [0.4, 0.5) is 0 Å². The van der Waals surface area contributed by atoms with Crippen LogP contribution in [0.5, 0.6) is 0 Å². The van der Waals surface area contributed by atoms with Crippen molar-refractivity contribution in [2.24, 2.45) is 5.92 Å². The molecule has 26 heavy (non-hydrogen) atoms. The van der Waals surface area contributed by atoms with Gasteiger partial charge in [0.05, 0.1) is 0 Å². The van der Waals surface area contributed by atoms with E-state index in [9.17, 15) is 0 Å². The van der Waals surface area contributed by atoms with Gasteiger partial charge in [0.1, 0.15) is 0 Å². The number of thiophene rings is 1. The first kappa shape index (κ1) is 23.7. The third-order valence-electron chi connectivity index (χ3n) is 5.68. The molecule has 1 unspecified atom stereocenters. The molecule has 0 aliphatic heterocycles. The Kier molecular flexibility index (Phi) is 14.4. The second kappa shape index (κ2) is 15.7. The fourth-order valence-electron chi connectivity index (χ4n) is 3.89. The van der Waals surface area contributed by atoms with Crippen molar-refractivity contribution in [2.75, 3.05) is 0 Å². The maximum atomic E-state index is 2.47. The molecule has 0 radical (unpaired) electrons. The molecule has 1 heteroatoms. The number of unbranched alkanes of at least 4 members (excludes halogenated alkanes) is 11. The summed E-state index contributed by atoms with van der Waals surface area (Å²) in [5.74, 6) is 0.850. The SMILES string of the molecule is CCCCCCCCCCCCCc1sc(CC(C)CCCC)cc1C. The summed E-state index contributed by atoms with van der Waals surface area (Å²) in [7, 11) is 0. The van der Waals surface area contributed by atoms with Gasteiger partial charge in [-0.3, -0.25) is 0 Å². The lowest BCUT2D eigenvalue weighted by Crippen LogP contribution is -1.97. The van der Waals surface area contributed by atoms with Gasteiger partial charge in [-0.25, -0.2) is 0 Å². The summed E-state index contributed by atoms with van der Waals surface area (Å²) < 4.78 is 0. The van der Waals surface area contributed by atoms with E-state index in [4.69, 9.17) is 0 Å². The van der Waals surface area contributed by atoms with Gasteiger partial charge < -0.3 is 0 Å². The highest BCUT2D eigenvalue weighted by atomic mass is 32.1. The van der Waals surface area contributed by atoms with Gasteiger partial charge in [-0.1, -0.05) is 104 Å². The van der Waals surface area contributed by atoms with Crippen molar-refractivity contribution in [1.29, 1.82) is 0 Å². The smallest absolute Gasteiger partial charge is 0.00773 e. The van der Waals surface area contributed by atoms with Gasteiger partial charge in [-0.05, 0) is 43.7 Å². The zero-order valence-corrected chi connectivity index (χ0v) is 19.2. The molecule has 1 rings (SSSR count). The molecule has 0 aliphatic carbocycles. The van der Waals surface area contributed by atoms with E-state index in [1.165, 1.54) is 103 Å². The first-order chi connectivity index (χ1) is 12.7. The average molecular weight is 379 g/mol. The molecule has 0 spiro atoms. The van der Waals surface area contributed by atoms with Gasteiger partial charge in [-0.15, -0.1) is 11.3 Å². The zero-order valence-electron chi connectivity index (χ0n) is 18.4. The van der Waals surface area contributed by atoms with Crippen LogP contribution in [0, 0.1) is 12.8 Å². The Hall–Kier alpha value is -0.300. The van der Waals surface area contributed by atoms with Crippen molar-refractivity contribution < 1.29 is 0 Å². The predicted molar refractivity (Wildman–Crippen MR) is 122 cm³/mol. The number of hydrogen-bond donors (Lipinski definition) is 0. The van der Waals surface area contributed by atoms with Gasteiger partial charge in [0.25, 0.3) is 0 Å². The number of hydrogen-bond acceptors (Lipinski definition) is 1. The summed E-state index contributed by atoms with van der Waals surface area (Å²) in [5.41, 5.74) is 1.56. The molecule has 0 aliphatic rings. The van der Waals surface area contributed by atoms with Crippen LogP contribution in [-0.2, 0) is 12.8 Å². The Morgan fingerprint density at radius 3 is 1.88 bits per heavy atom. The molecule has 0 bridgehead atoms. The van der Waals surface area contributed by atoms with Crippen LogP contribution in [0.15, 0.2) is 6.07 Å². The fraction of sp³-hybridized carbons (Fsp3) is 0.840. The second-order valence-corrected chi connectivity index (χ2v) is 9.78. The number of aryl methyl sites for hydroxylation is 2. The highest BCUT2D eigenvalue weighted by Gasteiger charge is 2.09. The quantitative estimate of drug-likeness (QED) is 0.237. The van der Waals surface area contributed by atoms with Crippen molar-refractivity contribution >= 4 is 11.3 Å². The Balaban J connectivity index is 2.07. The van der Waals surface area contributed by atoms with Crippen molar-refractivity contribution in [3.05, 3.63) is 21.4 Å². The molecule has 1 atom stereocenters. The molecular weight excluding hydrogens is 332 g/mol. The summed E-state index contributed by atoms with van der Waals surface area (Å²) in [5, 5.41) is 0. The van der Waals surface area contributed by atoms with Gasteiger partial charge >= 0.3 is 0 Å². The van der Waals surface area contributed by atoms with Crippen LogP contribution in [-0.4, -0.2) is 0 Å². The van der Waals surface area contributed by atoms with E-state index in [-0.39, 0.29) is 0 Å². The van der Waals surface area contributed by atoms with Gasteiger partial charge in [0.2, 0.25) is 0 Å². The fourth-order valence-corrected chi connectivity index (χ4v) is 5.27. The average Bonchev–Trinajstić information content (AvgIpc) is 2.97. The molecule has 0 fully saturated rings. The van der Waals surface area contributed by atoms with Gasteiger partial charge in [-0.2, -0.15) is 0 Å². The van der Waals surface area contributed by atoms with Gasteiger partial charge in [0, 0.05) is 9.75 Å². The van der Waals surface area contributed by atoms with Crippen LogP contribution < -0.4 is 0 Å². The largest absolute Gasteiger partial charge is 0.145 e. The van der Waals surface area contributed by atoms with E-state index in [2.05, 4.69) is 45.1 Å². The lowest BCUT2D eigenvalue weighted by Gasteiger charge is -2.08. The van der Waals surface area contributed by atoms with Crippen molar-refractivity contribution in [3.63, 3.8) is 0 Å². The molecule has 0 saturated carbocycles. The Bertz CT molecular complexity index is 431. The summed E-state index contributed by atoms with van der Waals surface area (Å²) in [4.78, 5) is 3.29. The first-order valence-corrected chi connectivity index (χ1v) is 12.6. The van der Waals surface area contributed by atoms with Crippen LogP contribution >= 0.6 is 11.3 Å². The third kappa shape index (κ3) is 11.4. The molecule has 1 aromatic rings. The molecule has 0 saturated heterocycles. The molecule has 152 valence electrons. The van der Waals surface area contributed by atoms with E-state index in [0.29, 0.717) is 0 Å². The van der Waals surface area contributed by atoms with E-state index >= 15 is 0 Å². The highest BCUT2D eigenvalue weighted by molar-refractivity contribution is 7.12. The van der Waals surface area contributed by atoms with E-state index in [1.54, 1.807) is 15.3 Å². The highest BCUT2D eigenvalue weighted by Crippen LogP contribution is 2.27. The first-order valence-electron chi connectivity index (χ1n) is 11.8. The minimum Gasteiger partial charge on any atom is -0.145 e. The standard InChI is InChI=1S/C25H46S/c1-5-7-9-10-11-12-13-14-15-16-17-19-25-23(4)21-24(26-25)20-22(3)18-8-6-2/h21-22H,5-20H2,1-4H3. The van der Waals surface area contributed by atoms with E-state index < -0.39 is 0 Å². The third-order valence-corrected chi connectivity index (χ3v) is 7.00. The molecule has 0 nitrogen and oxygen atoms in total. The summed E-state index contributed by atoms with van der Waals surface area (Å²) in [6.45, 7) is 9.35. The van der Waals surface area contributed by atoms with Crippen LogP contribution in [0.1, 0.15) is 126 Å². The van der Waals surface area contributed by atoms with Crippen LogP contribution in [0.2, 0.25) is 0 Å². The Morgan fingerprint density at radius 1 is 0.769 bits per heavy atom. The van der Waals surface area contributed by atoms with Crippen LogP contribution in [0.3, 0.4) is 0 Å². The minimum absolute atomic E-state index is 0.850. The van der Waals surface area contributed by atoms with Crippen molar-refractivity contribution in [2.45, 2.75) is 130 Å². The maximum Gasteiger partial charge on any atom is 0.00773 e. The van der Waals surface area contributed by atoms with Crippen molar-refractivity contribution in [1.82, 2.24) is 0 Å². The number of rotatable bonds is 17. The van der Waals surface area contributed by atoms with Crippen LogP contribution in [0.25, 0.3) is 0 Å². The monoisotopic (exact) mass is 378 g/mol. The normalized spacial score (nSPS) is 12.6. The summed E-state index contributed by atoms with van der Waals surface area (Å²) in [6, 6.07) is 2.47. The Labute approximate surface area is 169 Å².